The number of aromatic nitrogens is 1. The standard InChI is InChI=1S/C17H16N2O/c1-11-6-7-12-10-13(8-9-16(12)19-11)17(20)14-4-2-3-5-15(14)18/h2-10,17,20H,18H2,1H3. The highest BCUT2D eigenvalue weighted by molar-refractivity contribution is 5.79. The molecule has 3 nitrogen and oxygen atoms in total. The molecule has 3 aromatic rings. The number of aliphatic hydroxyl groups excluding tert-OH is 1. The van der Waals surface area contributed by atoms with Crippen molar-refractivity contribution in [1.29, 1.82) is 0 Å². The molecule has 1 unspecified atom stereocenters. The molecular weight excluding hydrogens is 248 g/mol. The predicted octanol–water partition coefficient (Wildman–Crippen LogP) is 3.21. The molecule has 20 heavy (non-hydrogen) atoms. The molecule has 0 aliphatic heterocycles. The van der Waals surface area contributed by atoms with Crippen molar-refractivity contribution in [2.24, 2.45) is 0 Å². The van der Waals surface area contributed by atoms with Crippen molar-refractivity contribution in [2.75, 3.05) is 5.73 Å². The zero-order valence-electron chi connectivity index (χ0n) is 11.2. The van der Waals surface area contributed by atoms with Crippen LogP contribution >= 0.6 is 0 Å². The summed E-state index contributed by atoms with van der Waals surface area (Å²) < 4.78 is 0. The summed E-state index contributed by atoms with van der Waals surface area (Å²) in [6.45, 7) is 1.97. The Bertz CT molecular complexity index is 768. The van der Waals surface area contributed by atoms with Crippen molar-refractivity contribution in [3.63, 3.8) is 0 Å². The maximum Gasteiger partial charge on any atom is 0.106 e. The van der Waals surface area contributed by atoms with Crippen molar-refractivity contribution < 1.29 is 5.11 Å². The number of benzene rings is 2. The van der Waals surface area contributed by atoms with E-state index in [1.165, 1.54) is 0 Å². The summed E-state index contributed by atoms with van der Waals surface area (Å²) in [7, 11) is 0. The first kappa shape index (κ1) is 12.6. The molecule has 0 aliphatic rings. The second-order valence-electron chi connectivity index (χ2n) is 4.94. The van der Waals surface area contributed by atoms with Gasteiger partial charge >= 0.3 is 0 Å². The van der Waals surface area contributed by atoms with Crippen LogP contribution in [0.4, 0.5) is 5.69 Å². The third kappa shape index (κ3) is 2.24. The third-order valence-corrected chi connectivity index (χ3v) is 3.46. The van der Waals surface area contributed by atoms with E-state index in [2.05, 4.69) is 4.98 Å². The topological polar surface area (TPSA) is 59.1 Å². The van der Waals surface area contributed by atoms with E-state index in [0.29, 0.717) is 5.69 Å². The van der Waals surface area contributed by atoms with Gasteiger partial charge in [0, 0.05) is 22.3 Å². The lowest BCUT2D eigenvalue weighted by molar-refractivity contribution is 0.221. The number of hydrogen-bond donors (Lipinski definition) is 2. The molecule has 100 valence electrons. The molecule has 0 saturated carbocycles. The number of nitrogens with two attached hydrogens (primary N) is 1. The van der Waals surface area contributed by atoms with E-state index in [1.54, 1.807) is 6.07 Å². The zero-order chi connectivity index (χ0) is 14.1. The minimum atomic E-state index is -0.720. The van der Waals surface area contributed by atoms with Gasteiger partial charge < -0.3 is 10.8 Å². The number of aryl methyl sites for hydroxylation is 1. The van der Waals surface area contributed by atoms with E-state index in [4.69, 9.17) is 5.73 Å². The van der Waals surface area contributed by atoms with Gasteiger partial charge in [0.1, 0.15) is 6.10 Å². The lowest BCUT2D eigenvalue weighted by Gasteiger charge is -2.14. The van der Waals surface area contributed by atoms with Crippen molar-refractivity contribution in [1.82, 2.24) is 4.98 Å². The van der Waals surface area contributed by atoms with E-state index in [0.717, 1.165) is 27.7 Å². The van der Waals surface area contributed by atoms with Crippen molar-refractivity contribution in [3.05, 3.63) is 71.4 Å². The number of anilines is 1. The lowest BCUT2D eigenvalue weighted by atomic mass is 9.98. The molecule has 0 aliphatic carbocycles. The molecule has 0 spiro atoms. The Balaban J connectivity index is 2.06. The SMILES string of the molecule is Cc1ccc2cc(C(O)c3ccccc3N)ccc2n1. The molecule has 0 radical (unpaired) electrons. The van der Waals surface area contributed by atoms with Gasteiger partial charge in [-0.3, -0.25) is 4.98 Å². The number of fused-ring (bicyclic) bond motifs is 1. The molecule has 2 aromatic carbocycles. The van der Waals surface area contributed by atoms with Gasteiger partial charge in [-0.05, 0) is 36.8 Å². The van der Waals surface area contributed by atoms with Gasteiger partial charge in [-0.2, -0.15) is 0 Å². The van der Waals surface area contributed by atoms with Gasteiger partial charge in [0.15, 0.2) is 0 Å². The van der Waals surface area contributed by atoms with Crippen LogP contribution in [0, 0.1) is 6.92 Å². The van der Waals surface area contributed by atoms with Crippen LogP contribution in [0.3, 0.4) is 0 Å². The largest absolute Gasteiger partial charge is 0.398 e. The van der Waals surface area contributed by atoms with E-state index < -0.39 is 6.10 Å². The quantitative estimate of drug-likeness (QED) is 0.699. The van der Waals surface area contributed by atoms with Crippen LogP contribution in [-0.4, -0.2) is 10.1 Å². The summed E-state index contributed by atoms with van der Waals surface area (Å²) in [6.07, 6.45) is -0.720. The highest BCUT2D eigenvalue weighted by atomic mass is 16.3. The van der Waals surface area contributed by atoms with Crippen molar-refractivity contribution >= 4 is 16.6 Å². The van der Waals surface area contributed by atoms with Gasteiger partial charge in [-0.15, -0.1) is 0 Å². The summed E-state index contributed by atoms with van der Waals surface area (Å²) in [4.78, 5) is 4.46. The van der Waals surface area contributed by atoms with Crippen LogP contribution in [0.2, 0.25) is 0 Å². The minimum absolute atomic E-state index is 0.599. The Morgan fingerprint density at radius 2 is 1.85 bits per heavy atom. The van der Waals surface area contributed by atoms with Gasteiger partial charge in [0.05, 0.1) is 5.52 Å². The Kier molecular flexibility index (Phi) is 3.12. The fraction of sp³-hybridized carbons (Fsp3) is 0.118. The van der Waals surface area contributed by atoms with E-state index in [-0.39, 0.29) is 0 Å². The second kappa shape index (κ2) is 4.94. The number of nitrogens with zero attached hydrogens (tertiary/aromatic N) is 1. The van der Waals surface area contributed by atoms with Gasteiger partial charge in [0.2, 0.25) is 0 Å². The first-order chi connectivity index (χ1) is 9.65. The smallest absolute Gasteiger partial charge is 0.106 e. The molecule has 3 N–H and O–H groups in total. The van der Waals surface area contributed by atoms with Gasteiger partial charge in [-0.1, -0.05) is 30.3 Å². The van der Waals surface area contributed by atoms with Crippen LogP contribution < -0.4 is 5.73 Å². The first-order valence-electron chi connectivity index (χ1n) is 6.55. The van der Waals surface area contributed by atoms with Crippen LogP contribution in [0.5, 0.6) is 0 Å². The molecule has 0 saturated heterocycles. The van der Waals surface area contributed by atoms with Gasteiger partial charge in [0.25, 0.3) is 0 Å². The number of rotatable bonds is 2. The number of pyridine rings is 1. The first-order valence-corrected chi connectivity index (χ1v) is 6.55. The summed E-state index contributed by atoms with van der Waals surface area (Å²) in [5.41, 5.74) is 9.98. The predicted molar refractivity (Wildman–Crippen MR) is 81.4 cm³/mol. The molecule has 1 aromatic heterocycles. The minimum Gasteiger partial charge on any atom is -0.398 e. The fourth-order valence-corrected chi connectivity index (χ4v) is 2.36. The summed E-state index contributed by atoms with van der Waals surface area (Å²) in [5.74, 6) is 0. The molecule has 3 heteroatoms. The highest BCUT2D eigenvalue weighted by Gasteiger charge is 2.13. The van der Waals surface area contributed by atoms with E-state index in [9.17, 15) is 5.11 Å². The van der Waals surface area contributed by atoms with Crippen molar-refractivity contribution in [3.8, 4) is 0 Å². The maximum absolute atomic E-state index is 10.5. The van der Waals surface area contributed by atoms with Crippen LogP contribution in [-0.2, 0) is 0 Å². The third-order valence-electron chi connectivity index (χ3n) is 3.46. The zero-order valence-corrected chi connectivity index (χ0v) is 11.2. The monoisotopic (exact) mass is 264 g/mol. The van der Waals surface area contributed by atoms with Crippen LogP contribution in [0.1, 0.15) is 22.9 Å². The summed E-state index contributed by atoms with van der Waals surface area (Å²) >= 11 is 0. The summed E-state index contributed by atoms with van der Waals surface area (Å²) in [6, 6.07) is 17.1. The Morgan fingerprint density at radius 1 is 1.05 bits per heavy atom. The molecular formula is C17H16N2O. The molecule has 1 atom stereocenters. The maximum atomic E-state index is 10.5. The second-order valence-corrected chi connectivity index (χ2v) is 4.94. The summed E-state index contributed by atoms with van der Waals surface area (Å²) in [5, 5.41) is 11.5. The molecule has 0 bridgehead atoms. The molecule has 1 heterocycles. The normalized spacial score (nSPS) is 12.5. The van der Waals surface area contributed by atoms with E-state index >= 15 is 0 Å². The molecule has 3 rings (SSSR count). The average Bonchev–Trinajstić information content (AvgIpc) is 2.46. The van der Waals surface area contributed by atoms with Gasteiger partial charge in [-0.25, -0.2) is 0 Å². The van der Waals surface area contributed by atoms with Crippen molar-refractivity contribution in [2.45, 2.75) is 13.0 Å². The number of nitrogen functional groups attached to an aromatic ring is 1. The Morgan fingerprint density at radius 3 is 2.65 bits per heavy atom. The molecule has 0 fully saturated rings. The highest BCUT2D eigenvalue weighted by Crippen LogP contribution is 2.28. The Labute approximate surface area is 117 Å². The average molecular weight is 264 g/mol. The van der Waals surface area contributed by atoms with Crippen LogP contribution in [0.25, 0.3) is 10.9 Å². The van der Waals surface area contributed by atoms with E-state index in [1.807, 2.05) is 55.5 Å². The molecule has 0 amide bonds. The number of para-hydroxylation sites is 1. The number of hydrogen-bond acceptors (Lipinski definition) is 3. The van der Waals surface area contributed by atoms with Crippen LogP contribution in [0.15, 0.2) is 54.6 Å². The fourth-order valence-electron chi connectivity index (χ4n) is 2.36. The lowest BCUT2D eigenvalue weighted by Crippen LogP contribution is -2.03. The number of aliphatic hydroxyl groups is 1. The Hall–Kier alpha value is -2.39.